The van der Waals surface area contributed by atoms with Crippen LogP contribution in [0.3, 0.4) is 0 Å². The number of aryl methyl sites for hydroxylation is 1. The topological polar surface area (TPSA) is 55.1 Å². The lowest BCUT2D eigenvalue weighted by atomic mass is 10.1. The Labute approximate surface area is 152 Å². The number of alkyl halides is 1. The summed E-state index contributed by atoms with van der Waals surface area (Å²) in [6.45, 7) is 4.00. The number of anilines is 1. The Morgan fingerprint density at radius 1 is 1.42 bits per heavy atom. The van der Waals surface area contributed by atoms with E-state index in [9.17, 15) is 4.39 Å². The molecule has 0 amide bonds. The van der Waals surface area contributed by atoms with Gasteiger partial charge in [0.25, 0.3) is 0 Å². The maximum atomic E-state index is 13.2. The normalized spacial score (nSPS) is 12.7. The smallest absolute Gasteiger partial charge is 0.243 e. The highest BCUT2D eigenvalue weighted by Gasteiger charge is 2.20. The van der Waals surface area contributed by atoms with Crippen LogP contribution < -0.4 is 5.32 Å². The second-order valence-corrected chi connectivity index (χ2v) is 7.16. The van der Waals surface area contributed by atoms with Gasteiger partial charge in [0.15, 0.2) is 5.82 Å². The molecule has 1 atom stereocenters. The number of rotatable bonds is 6. The van der Waals surface area contributed by atoms with Gasteiger partial charge in [0.2, 0.25) is 5.28 Å². The Bertz CT molecular complexity index is 848. The molecule has 0 aliphatic heterocycles. The van der Waals surface area contributed by atoms with Crippen molar-refractivity contribution in [2.45, 2.75) is 39.4 Å². The minimum Gasteiger partial charge on any atom is -0.362 e. The van der Waals surface area contributed by atoms with E-state index >= 15 is 0 Å². The SMILES string of the molecule is Cc1c(CCC(C)F)c(Cl)n2nc(Cl)nc(NCc3nccs3)c12. The lowest BCUT2D eigenvalue weighted by Crippen LogP contribution is -2.06. The molecule has 0 spiro atoms. The Hall–Kier alpha value is -1.44. The van der Waals surface area contributed by atoms with E-state index in [4.69, 9.17) is 23.2 Å². The van der Waals surface area contributed by atoms with Crippen LogP contribution in [0.1, 0.15) is 29.5 Å². The van der Waals surface area contributed by atoms with Gasteiger partial charge in [0.05, 0.1) is 12.7 Å². The molecule has 3 heterocycles. The zero-order valence-electron chi connectivity index (χ0n) is 13.2. The minimum absolute atomic E-state index is 0.0893. The first-order chi connectivity index (χ1) is 11.5. The number of nitrogens with one attached hydrogen (secondary N) is 1. The molecule has 3 rings (SSSR count). The molecule has 9 heteroatoms. The van der Waals surface area contributed by atoms with Gasteiger partial charge in [-0.3, -0.25) is 0 Å². The average molecular weight is 388 g/mol. The second-order valence-electron chi connectivity index (χ2n) is 5.48. The third-order valence-corrected chi connectivity index (χ3v) is 5.08. The van der Waals surface area contributed by atoms with Crippen molar-refractivity contribution in [1.29, 1.82) is 0 Å². The molecule has 3 aromatic heterocycles. The Morgan fingerprint density at radius 2 is 2.21 bits per heavy atom. The van der Waals surface area contributed by atoms with Crippen LogP contribution >= 0.6 is 34.5 Å². The third-order valence-electron chi connectivity index (χ3n) is 3.75. The predicted molar refractivity (Wildman–Crippen MR) is 96.1 cm³/mol. The summed E-state index contributed by atoms with van der Waals surface area (Å²) in [7, 11) is 0. The molecule has 1 N–H and O–H groups in total. The van der Waals surface area contributed by atoms with Gasteiger partial charge in [-0.25, -0.2) is 13.9 Å². The molecule has 0 aromatic carbocycles. The van der Waals surface area contributed by atoms with Crippen molar-refractivity contribution in [3.05, 3.63) is 38.1 Å². The number of thiazole rings is 1. The van der Waals surface area contributed by atoms with E-state index in [1.807, 2.05) is 12.3 Å². The maximum absolute atomic E-state index is 13.2. The fourth-order valence-electron chi connectivity index (χ4n) is 2.56. The van der Waals surface area contributed by atoms with E-state index in [0.29, 0.717) is 30.4 Å². The fraction of sp³-hybridized carbons (Fsp3) is 0.400. The van der Waals surface area contributed by atoms with Gasteiger partial charge in [-0.05, 0) is 49.4 Å². The molecule has 0 saturated heterocycles. The van der Waals surface area contributed by atoms with Crippen molar-refractivity contribution >= 4 is 45.9 Å². The molecule has 0 radical (unpaired) electrons. The van der Waals surface area contributed by atoms with E-state index in [0.717, 1.165) is 21.7 Å². The predicted octanol–water partition coefficient (Wildman–Crippen LogP) is 4.70. The summed E-state index contributed by atoms with van der Waals surface area (Å²) in [5.74, 6) is 0.587. The van der Waals surface area contributed by atoms with Gasteiger partial charge in [0, 0.05) is 11.6 Å². The van der Waals surface area contributed by atoms with Crippen LogP contribution in [-0.2, 0) is 13.0 Å². The summed E-state index contributed by atoms with van der Waals surface area (Å²) >= 11 is 14.0. The Morgan fingerprint density at radius 3 is 2.88 bits per heavy atom. The van der Waals surface area contributed by atoms with Crippen molar-refractivity contribution in [2.75, 3.05) is 5.32 Å². The molecule has 1 unspecified atom stereocenters. The van der Waals surface area contributed by atoms with Crippen molar-refractivity contribution < 1.29 is 4.39 Å². The summed E-state index contributed by atoms with van der Waals surface area (Å²) < 4.78 is 14.8. The van der Waals surface area contributed by atoms with Crippen LogP contribution in [0.25, 0.3) is 5.52 Å². The second kappa shape index (κ2) is 7.21. The molecular formula is C15H16Cl2FN5S. The van der Waals surface area contributed by atoms with Crippen molar-refractivity contribution in [1.82, 2.24) is 19.6 Å². The largest absolute Gasteiger partial charge is 0.362 e. The van der Waals surface area contributed by atoms with E-state index in [-0.39, 0.29) is 5.28 Å². The van der Waals surface area contributed by atoms with E-state index in [1.165, 1.54) is 6.92 Å². The van der Waals surface area contributed by atoms with E-state index < -0.39 is 6.17 Å². The van der Waals surface area contributed by atoms with Gasteiger partial charge in [-0.2, -0.15) is 4.98 Å². The van der Waals surface area contributed by atoms with Crippen LogP contribution in [0.5, 0.6) is 0 Å². The monoisotopic (exact) mass is 387 g/mol. The first kappa shape index (κ1) is 17.4. The van der Waals surface area contributed by atoms with Crippen LogP contribution in [0.4, 0.5) is 10.2 Å². The quantitative estimate of drug-likeness (QED) is 0.665. The van der Waals surface area contributed by atoms with Crippen LogP contribution in [0.2, 0.25) is 10.4 Å². The fourth-order valence-corrected chi connectivity index (χ4v) is 3.64. The highest BCUT2D eigenvalue weighted by atomic mass is 35.5. The molecular weight excluding hydrogens is 372 g/mol. The highest BCUT2D eigenvalue weighted by Crippen LogP contribution is 2.32. The number of hydrogen-bond donors (Lipinski definition) is 1. The zero-order valence-corrected chi connectivity index (χ0v) is 15.5. The highest BCUT2D eigenvalue weighted by molar-refractivity contribution is 7.09. The average Bonchev–Trinajstić information content (AvgIpc) is 3.12. The van der Waals surface area contributed by atoms with Crippen LogP contribution in [-0.4, -0.2) is 25.8 Å². The first-order valence-corrected chi connectivity index (χ1v) is 9.10. The van der Waals surface area contributed by atoms with E-state index in [1.54, 1.807) is 22.0 Å². The summed E-state index contributed by atoms with van der Waals surface area (Å²) in [4.78, 5) is 8.51. The summed E-state index contributed by atoms with van der Waals surface area (Å²) in [6, 6.07) is 0. The molecule has 0 aliphatic carbocycles. The van der Waals surface area contributed by atoms with Gasteiger partial charge in [-0.15, -0.1) is 16.4 Å². The van der Waals surface area contributed by atoms with Gasteiger partial charge < -0.3 is 5.32 Å². The minimum atomic E-state index is -0.888. The molecule has 24 heavy (non-hydrogen) atoms. The lowest BCUT2D eigenvalue weighted by Gasteiger charge is -2.07. The number of fused-ring (bicyclic) bond motifs is 1. The number of halogens is 3. The molecule has 3 aromatic rings. The van der Waals surface area contributed by atoms with E-state index in [2.05, 4.69) is 20.4 Å². The van der Waals surface area contributed by atoms with Crippen LogP contribution in [0, 0.1) is 6.92 Å². The summed E-state index contributed by atoms with van der Waals surface area (Å²) in [5.41, 5.74) is 2.55. The number of hydrogen-bond acceptors (Lipinski definition) is 5. The molecule has 128 valence electrons. The van der Waals surface area contributed by atoms with Crippen LogP contribution in [0.15, 0.2) is 11.6 Å². The summed E-state index contributed by atoms with van der Waals surface area (Å²) in [5, 5.41) is 10.8. The molecule has 5 nitrogen and oxygen atoms in total. The van der Waals surface area contributed by atoms with Gasteiger partial charge in [-0.1, -0.05) is 11.6 Å². The van der Waals surface area contributed by atoms with Gasteiger partial charge >= 0.3 is 0 Å². The van der Waals surface area contributed by atoms with Crippen molar-refractivity contribution in [3.63, 3.8) is 0 Å². The molecule has 0 bridgehead atoms. The number of nitrogens with zero attached hydrogens (tertiary/aromatic N) is 4. The maximum Gasteiger partial charge on any atom is 0.243 e. The zero-order chi connectivity index (χ0) is 17.3. The standard InChI is InChI=1S/C15H16Cl2FN5S/c1-8(18)3-4-10-9(2)12-14(20-7-11-19-5-6-24-11)21-15(17)22-23(12)13(10)16/h5-6,8H,3-4,7H2,1-2H3,(H,20,21,22). The number of aromatic nitrogens is 4. The third kappa shape index (κ3) is 3.48. The Balaban J connectivity index is 2.00. The van der Waals surface area contributed by atoms with Gasteiger partial charge in [0.1, 0.15) is 15.7 Å². The Kier molecular flexibility index (Phi) is 5.22. The lowest BCUT2D eigenvalue weighted by molar-refractivity contribution is 0.341. The van der Waals surface area contributed by atoms with Crippen molar-refractivity contribution in [2.24, 2.45) is 0 Å². The molecule has 0 aliphatic rings. The summed E-state index contributed by atoms with van der Waals surface area (Å²) in [6.07, 6.45) is 1.80. The molecule has 0 fully saturated rings. The first-order valence-electron chi connectivity index (χ1n) is 7.47. The molecule has 0 saturated carbocycles. The van der Waals surface area contributed by atoms with Crippen molar-refractivity contribution in [3.8, 4) is 0 Å².